The first-order valence-corrected chi connectivity index (χ1v) is 6.65. The van der Waals surface area contributed by atoms with Gasteiger partial charge in [-0.3, -0.25) is 0 Å². The Hall–Kier alpha value is -1.78. The molecule has 2 aromatic rings. The normalized spacial score (nSPS) is 13.0. The molecule has 19 heavy (non-hydrogen) atoms. The van der Waals surface area contributed by atoms with Gasteiger partial charge < -0.3 is 14.4 Å². The van der Waals surface area contributed by atoms with E-state index in [2.05, 4.69) is 47.0 Å². The van der Waals surface area contributed by atoms with Gasteiger partial charge in [0.25, 0.3) is 0 Å². The number of hydrogen-bond acceptors (Lipinski definition) is 4. The molecule has 1 N–H and O–H groups in total. The van der Waals surface area contributed by atoms with E-state index in [0.717, 1.165) is 28.7 Å². The summed E-state index contributed by atoms with van der Waals surface area (Å²) in [5, 5.41) is 7.45. The Balaban J connectivity index is 2.26. The second-order valence-corrected chi connectivity index (χ2v) is 5.31. The van der Waals surface area contributed by atoms with Crippen LogP contribution in [-0.4, -0.2) is 14.7 Å². The highest BCUT2D eigenvalue weighted by molar-refractivity contribution is 5.36. The van der Waals surface area contributed by atoms with Crippen molar-refractivity contribution in [3.05, 3.63) is 28.9 Å². The molecule has 2 rings (SSSR count). The van der Waals surface area contributed by atoms with Gasteiger partial charge >= 0.3 is 0 Å². The van der Waals surface area contributed by atoms with Crippen molar-refractivity contribution in [1.82, 2.24) is 14.7 Å². The number of nitrogens with zero attached hydrogens (tertiary/aromatic N) is 3. The van der Waals surface area contributed by atoms with E-state index in [1.54, 1.807) is 0 Å². The average Bonchev–Trinajstić information content (AvgIpc) is 2.82. The minimum Gasteiger partial charge on any atom is -0.361 e. The molecule has 0 saturated heterocycles. The van der Waals surface area contributed by atoms with Gasteiger partial charge in [-0.15, -0.1) is 0 Å². The Morgan fingerprint density at radius 1 is 1.21 bits per heavy atom. The Morgan fingerprint density at radius 3 is 2.42 bits per heavy atom. The summed E-state index contributed by atoms with van der Waals surface area (Å²) in [7, 11) is 0. The Bertz CT molecular complexity index is 549. The van der Waals surface area contributed by atoms with Crippen LogP contribution in [-0.2, 0) is 0 Å². The van der Waals surface area contributed by atoms with E-state index in [1.807, 2.05) is 20.8 Å². The first-order chi connectivity index (χ1) is 8.90. The van der Waals surface area contributed by atoms with Gasteiger partial charge in [0.05, 0.1) is 17.4 Å². The first-order valence-electron chi connectivity index (χ1n) is 6.65. The third-order valence-corrected chi connectivity index (χ3v) is 3.28. The molecule has 0 radical (unpaired) electrons. The fourth-order valence-corrected chi connectivity index (χ4v) is 2.39. The third-order valence-electron chi connectivity index (χ3n) is 3.28. The summed E-state index contributed by atoms with van der Waals surface area (Å²) in [5.74, 6) is 1.75. The smallest absolute Gasteiger partial charge is 0.203 e. The molecule has 0 bridgehead atoms. The molecule has 2 aromatic heterocycles. The number of anilines is 1. The summed E-state index contributed by atoms with van der Waals surface area (Å²) in [6, 6.07) is 0.492. The molecule has 0 amide bonds. The molecule has 0 aliphatic rings. The van der Waals surface area contributed by atoms with E-state index in [-0.39, 0.29) is 6.04 Å². The van der Waals surface area contributed by atoms with Crippen molar-refractivity contribution in [2.24, 2.45) is 0 Å². The van der Waals surface area contributed by atoms with Crippen molar-refractivity contribution < 1.29 is 4.52 Å². The van der Waals surface area contributed by atoms with Gasteiger partial charge in [-0.1, -0.05) is 5.16 Å². The van der Waals surface area contributed by atoms with Gasteiger partial charge in [0, 0.05) is 17.8 Å². The average molecular weight is 262 g/mol. The molecule has 5 nitrogen and oxygen atoms in total. The summed E-state index contributed by atoms with van der Waals surface area (Å²) >= 11 is 0. The van der Waals surface area contributed by atoms with Crippen LogP contribution in [0.25, 0.3) is 0 Å². The van der Waals surface area contributed by atoms with Crippen molar-refractivity contribution in [2.75, 3.05) is 5.32 Å². The lowest BCUT2D eigenvalue weighted by molar-refractivity contribution is 0.392. The highest BCUT2D eigenvalue weighted by atomic mass is 16.5. The number of rotatable bonds is 4. The largest absolute Gasteiger partial charge is 0.361 e. The molecule has 0 fully saturated rings. The molecular formula is C14H22N4O. The third kappa shape index (κ3) is 2.64. The van der Waals surface area contributed by atoms with Crippen LogP contribution in [0.3, 0.4) is 0 Å². The summed E-state index contributed by atoms with van der Waals surface area (Å²) in [6.07, 6.45) is 2.06. The summed E-state index contributed by atoms with van der Waals surface area (Å²) in [5.41, 5.74) is 3.05. The van der Waals surface area contributed by atoms with E-state index in [9.17, 15) is 0 Å². The maximum atomic E-state index is 5.22. The van der Waals surface area contributed by atoms with Crippen LogP contribution in [0.5, 0.6) is 0 Å². The number of aryl methyl sites for hydroxylation is 3. The predicted molar refractivity (Wildman–Crippen MR) is 75.4 cm³/mol. The fraction of sp³-hybridized carbons (Fsp3) is 0.571. The highest BCUT2D eigenvalue weighted by Crippen LogP contribution is 2.25. The van der Waals surface area contributed by atoms with Crippen molar-refractivity contribution in [2.45, 2.75) is 53.6 Å². The van der Waals surface area contributed by atoms with Gasteiger partial charge in [0.2, 0.25) is 5.95 Å². The molecule has 0 spiro atoms. The lowest BCUT2D eigenvalue weighted by Gasteiger charge is -2.17. The second kappa shape index (κ2) is 5.07. The van der Waals surface area contributed by atoms with Gasteiger partial charge in [-0.05, 0) is 41.5 Å². The van der Waals surface area contributed by atoms with Gasteiger partial charge in [-0.25, -0.2) is 4.98 Å². The maximum Gasteiger partial charge on any atom is 0.203 e. The summed E-state index contributed by atoms with van der Waals surface area (Å²) in [4.78, 5) is 4.54. The zero-order chi connectivity index (χ0) is 14.2. The molecule has 2 heterocycles. The number of nitrogens with one attached hydrogen (secondary N) is 1. The van der Waals surface area contributed by atoms with Crippen molar-refractivity contribution >= 4 is 5.95 Å². The summed E-state index contributed by atoms with van der Waals surface area (Å²) in [6.45, 7) is 12.3. The van der Waals surface area contributed by atoms with Crippen LogP contribution in [0.2, 0.25) is 0 Å². The highest BCUT2D eigenvalue weighted by Gasteiger charge is 2.18. The quantitative estimate of drug-likeness (QED) is 0.915. The monoisotopic (exact) mass is 262 g/mol. The molecular weight excluding hydrogens is 240 g/mol. The lowest BCUT2D eigenvalue weighted by Crippen LogP contribution is -2.13. The van der Waals surface area contributed by atoms with E-state index >= 15 is 0 Å². The number of hydrogen-bond donors (Lipinski definition) is 1. The zero-order valence-electron chi connectivity index (χ0n) is 12.5. The van der Waals surface area contributed by atoms with Crippen LogP contribution in [0.4, 0.5) is 5.95 Å². The predicted octanol–water partition coefficient (Wildman–Crippen LogP) is 3.55. The Labute approximate surface area is 114 Å². The first kappa shape index (κ1) is 13.6. The molecule has 1 unspecified atom stereocenters. The Morgan fingerprint density at radius 2 is 1.89 bits per heavy atom. The topological polar surface area (TPSA) is 55.9 Å². The SMILES string of the molecule is Cc1cn(C(C)C)c(NC(C)c2c(C)noc2C)n1. The molecule has 0 aliphatic carbocycles. The van der Waals surface area contributed by atoms with Crippen LogP contribution in [0, 0.1) is 20.8 Å². The van der Waals surface area contributed by atoms with Crippen LogP contribution >= 0.6 is 0 Å². The molecule has 0 saturated carbocycles. The van der Waals surface area contributed by atoms with E-state index in [0.29, 0.717) is 6.04 Å². The lowest BCUT2D eigenvalue weighted by atomic mass is 10.1. The molecule has 5 heteroatoms. The zero-order valence-corrected chi connectivity index (χ0v) is 12.5. The molecule has 0 aromatic carbocycles. The minimum atomic E-state index is 0.116. The number of imidazole rings is 1. The summed E-state index contributed by atoms with van der Waals surface area (Å²) < 4.78 is 7.36. The van der Waals surface area contributed by atoms with E-state index in [1.165, 1.54) is 0 Å². The van der Waals surface area contributed by atoms with Crippen molar-refractivity contribution in [3.63, 3.8) is 0 Å². The van der Waals surface area contributed by atoms with Gasteiger partial charge in [0.1, 0.15) is 5.76 Å². The molecule has 1 atom stereocenters. The van der Waals surface area contributed by atoms with E-state index < -0.39 is 0 Å². The van der Waals surface area contributed by atoms with Gasteiger partial charge in [0.15, 0.2) is 0 Å². The minimum absolute atomic E-state index is 0.116. The standard InChI is InChI=1S/C14H22N4O/c1-8(2)18-7-9(3)15-14(18)16-10(4)13-11(5)17-19-12(13)6/h7-8,10H,1-6H3,(H,15,16). The molecule has 0 aliphatic heterocycles. The maximum absolute atomic E-state index is 5.22. The van der Waals surface area contributed by atoms with Crippen LogP contribution in [0.15, 0.2) is 10.7 Å². The van der Waals surface area contributed by atoms with Gasteiger partial charge in [-0.2, -0.15) is 0 Å². The fourth-order valence-electron chi connectivity index (χ4n) is 2.39. The number of aromatic nitrogens is 3. The van der Waals surface area contributed by atoms with E-state index in [4.69, 9.17) is 4.52 Å². The molecule has 104 valence electrons. The Kier molecular flexibility index (Phi) is 3.64. The van der Waals surface area contributed by atoms with Crippen LogP contribution < -0.4 is 5.32 Å². The van der Waals surface area contributed by atoms with Crippen molar-refractivity contribution in [1.29, 1.82) is 0 Å². The van der Waals surface area contributed by atoms with Crippen LogP contribution in [0.1, 0.15) is 55.6 Å². The second-order valence-electron chi connectivity index (χ2n) is 5.31. The van der Waals surface area contributed by atoms with Crippen molar-refractivity contribution in [3.8, 4) is 0 Å².